The Bertz CT molecular complexity index is 606. The average molecular weight is 208 g/mol. The number of hydrogen-bond acceptors (Lipinski definition) is 3. The summed E-state index contributed by atoms with van der Waals surface area (Å²) in [5, 5.41) is 8.64. The van der Waals surface area contributed by atoms with Gasteiger partial charge in [0.25, 0.3) is 5.56 Å². The number of carbonyl (C=O) groups is 1. The number of carboxylic acids is 1. The molecule has 0 bridgehead atoms. The largest absolute Gasteiger partial charge is 0.475 e. The Labute approximate surface area is 82.2 Å². The van der Waals surface area contributed by atoms with Crippen LogP contribution in [0.15, 0.2) is 23.0 Å². The molecule has 2 aromatic rings. The Kier molecular flexibility index (Phi) is 1.96. The van der Waals surface area contributed by atoms with Crippen LogP contribution in [0.4, 0.5) is 4.39 Å². The molecule has 0 unspecified atom stereocenters. The van der Waals surface area contributed by atoms with Crippen molar-refractivity contribution in [1.82, 2.24) is 9.97 Å². The molecule has 15 heavy (non-hydrogen) atoms. The van der Waals surface area contributed by atoms with Gasteiger partial charge in [0.1, 0.15) is 5.82 Å². The second kappa shape index (κ2) is 3.16. The fourth-order valence-corrected chi connectivity index (χ4v) is 1.21. The molecule has 1 heterocycles. The van der Waals surface area contributed by atoms with Crippen molar-refractivity contribution in [2.24, 2.45) is 0 Å². The van der Waals surface area contributed by atoms with E-state index in [-0.39, 0.29) is 10.9 Å². The SMILES string of the molecule is O=C(O)c1nc2ccc(F)cc2c(=O)[nH]1. The second-order valence-corrected chi connectivity index (χ2v) is 2.88. The molecule has 0 amide bonds. The Morgan fingerprint density at radius 1 is 1.47 bits per heavy atom. The first-order valence-corrected chi connectivity index (χ1v) is 4.01. The van der Waals surface area contributed by atoms with E-state index in [2.05, 4.69) is 4.98 Å². The van der Waals surface area contributed by atoms with E-state index in [9.17, 15) is 14.0 Å². The fourth-order valence-electron chi connectivity index (χ4n) is 1.21. The molecule has 0 aliphatic heterocycles. The van der Waals surface area contributed by atoms with Gasteiger partial charge in [-0.2, -0.15) is 0 Å². The normalized spacial score (nSPS) is 10.5. The number of benzene rings is 1. The highest BCUT2D eigenvalue weighted by atomic mass is 19.1. The Morgan fingerprint density at radius 2 is 2.20 bits per heavy atom. The van der Waals surface area contributed by atoms with E-state index in [0.717, 1.165) is 12.1 Å². The Hall–Kier alpha value is -2.24. The third-order valence-corrected chi connectivity index (χ3v) is 1.87. The van der Waals surface area contributed by atoms with Crippen LogP contribution in [-0.4, -0.2) is 21.0 Å². The molecule has 6 heteroatoms. The molecule has 0 saturated carbocycles. The summed E-state index contributed by atoms with van der Waals surface area (Å²) >= 11 is 0. The van der Waals surface area contributed by atoms with Gasteiger partial charge in [0, 0.05) is 0 Å². The van der Waals surface area contributed by atoms with Gasteiger partial charge >= 0.3 is 5.97 Å². The summed E-state index contributed by atoms with van der Waals surface area (Å²) in [5.74, 6) is -2.37. The number of nitrogens with zero attached hydrogens (tertiary/aromatic N) is 1. The molecular formula is C9H5FN2O3. The molecule has 76 valence electrons. The smallest absolute Gasteiger partial charge is 0.372 e. The zero-order valence-electron chi connectivity index (χ0n) is 7.32. The summed E-state index contributed by atoms with van der Waals surface area (Å²) < 4.78 is 12.8. The van der Waals surface area contributed by atoms with Crippen molar-refractivity contribution in [3.63, 3.8) is 0 Å². The molecule has 1 aromatic carbocycles. The van der Waals surface area contributed by atoms with Gasteiger partial charge in [0.15, 0.2) is 0 Å². The van der Waals surface area contributed by atoms with Crippen molar-refractivity contribution in [1.29, 1.82) is 0 Å². The summed E-state index contributed by atoms with van der Waals surface area (Å²) in [5.41, 5.74) is -0.519. The van der Waals surface area contributed by atoms with E-state index >= 15 is 0 Å². The predicted molar refractivity (Wildman–Crippen MR) is 49.3 cm³/mol. The lowest BCUT2D eigenvalue weighted by Crippen LogP contribution is -2.15. The minimum absolute atomic E-state index is 0.0278. The van der Waals surface area contributed by atoms with Crippen LogP contribution < -0.4 is 5.56 Å². The molecule has 0 saturated heterocycles. The lowest BCUT2D eigenvalue weighted by atomic mass is 10.2. The standard InChI is InChI=1S/C9H5FN2O3/c10-4-1-2-6-5(3-4)8(13)12-7(11-6)9(14)15/h1-3H,(H,14,15)(H,11,12,13). The summed E-state index contributed by atoms with van der Waals surface area (Å²) in [7, 11) is 0. The topological polar surface area (TPSA) is 83.0 Å². The van der Waals surface area contributed by atoms with E-state index in [1.54, 1.807) is 0 Å². The molecule has 0 aliphatic rings. The Balaban J connectivity index is 2.84. The van der Waals surface area contributed by atoms with Crippen LogP contribution in [0.25, 0.3) is 10.9 Å². The van der Waals surface area contributed by atoms with Crippen LogP contribution in [0.3, 0.4) is 0 Å². The van der Waals surface area contributed by atoms with E-state index in [0.29, 0.717) is 0 Å². The number of fused-ring (bicyclic) bond motifs is 1. The molecule has 0 atom stereocenters. The molecule has 2 rings (SSSR count). The monoisotopic (exact) mass is 208 g/mol. The van der Waals surface area contributed by atoms with E-state index in [4.69, 9.17) is 5.11 Å². The summed E-state index contributed by atoms with van der Waals surface area (Å²) in [4.78, 5) is 27.6. The zero-order valence-corrected chi connectivity index (χ0v) is 7.32. The highest BCUT2D eigenvalue weighted by Gasteiger charge is 2.09. The first kappa shape index (κ1) is 9.32. The zero-order chi connectivity index (χ0) is 11.0. The molecule has 5 nitrogen and oxygen atoms in total. The van der Waals surface area contributed by atoms with E-state index in [1.165, 1.54) is 6.07 Å². The first-order chi connectivity index (χ1) is 7.08. The molecule has 1 aromatic heterocycles. The molecule has 0 fully saturated rings. The van der Waals surface area contributed by atoms with Crippen molar-refractivity contribution in [3.05, 3.63) is 40.2 Å². The number of H-pyrrole nitrogens is 1. The maximum Gasteiger partial charge on any atom is 0.372 e. The van der Waals surface area contributed by atoms with Gasteiger partial charge < -0.3 is 10.1 Å². The lowest BCUT2D eigenvalue weighted by Gasteiger charge is -1.98. The minimum atomic E-state index is -1.33. The molecule has 2 N–H and O–H groups in total. The fraction of sp³-hybridized carbons (Fsp3) is 0. The van der Waals surface area contributed by atoms with Crippen LogP contribution in [0.2, 0.25) is 0 Å². The summed E-state index contributed by atoms with van der Waals surface area (Å²) in [6.45, 7) is 0. The second-order valence-electron chi connectivity index (χ2n) is 2.88. The third kappa shape index (κ3) is 1.56. The third-order valence-electron chi connectivity index (χ3n) is 1.87. The van der Waals surface area contributed by atoms with Crippen molar-refractivity contribution < 1.29 is 14.3 Å². The Morgan fingerprint density at radius 3 is 2.87 bits per heavy atom. The van der Waals surface area contributed by atoms with Crippen molar-refractivity contribution >= 4 is 16.9 Å². The number of rotatable bonds is 1. The molecule has 0 spiro atoms. The number of aromatic carboxylic acids is 1. The maximum absolute atomic E-state index is 12.8. The summed E-state index contributed by atoms with van der Waals surface area (Å²) in [6, 6.07) is 3.37. The van der Waals surface area contributed by atoms with Crippen LogP contribution >= 0.6 is 0 Å². The van der Waals surface area contributed by atoms with E-state index in [1.807, 2.05) is 4.98 Å². The number of aromatic amines is 1. The molecule has 0 aliphatic carbocycles. The van der Waals surface area contributed by atoms with Crippen molar-refractivity contribution in [2.75, 3.05) is 0 Å². The van der Waals surface area contributed by atoms with Gasteiger partial charge in [0.05, 0.1) is 10.9 Å². The van der Waals surface area contributed by atoms with Crippen LogP contribution in [0.5, 0.6) is 0 Å². The van der Waals surface area contributed by atoms with Gasteiger partial charge in [0.2, 0.25) is 5.82 Å². The molecule has 0 radical (unpaired) electrons. The van der Waals surface area contributed by atoms with Gasteiger partial charge in [-0.1, -0.05) is 0 Å². The maximum atomic E-state index is 12.8. The van der Waals surface area contributed by atoms with Crippen molar-refractivity contribution in [3.8, 4) is 0 Å². The summed E-state index contributed by atoms with van der Waals surface area (Å²) in [6.07, 6.45) is 0. The number of hydrogen-bond donors (Lipinski definition) is 2. The highest BCUT2D eigenvalue weighted by Crippen LogP contribution is 2.08. The predicted octanol–water partition coefficient (Wildman–Crippen LogP) is 0.760. The lowest BCUT2D eigenvalue weighted by molar-refractivity contribution is 0.0683. The highest BCUT2D eigenvalue weighted by molar-refractivity contribution is 5.87. The minimum Gasteiger partial charge on any atom is -0.475 e. The quantitative estimate of drug-likeness (QED) is 0.724. The number of halogens is 1. The van der Waals surface area contributed by atoms with Crippen LogP contribution in [0.1, 0.15) is 10.6 Å². The number of nitrogens with one attached hydrogen (secondary N) is 1. The number of aromatic nitrogens is 2. The average Bonchev–Trinajstić information content (AvgIpc) is 2.18. The first-order valence-electron chi connectivity index (χ1n) is 4.01. The number of carboxylic acid groups (broad SMARTS) is 1. The van der Waals surface area contributed by atoms with E-state index < -0.39 is 23.2 Å². The molecular weight excluding hydrogens is 203 g/mol. The van der Waals surface area contributed by atoms with Crippen LogP contribution in [0, 0.1) is 5.82 Å². The van der Waals surface area contributed by atoms with Gasteiger partial charge in [-0.15, -0.1) is 0 Å². The van der Waals surface area contributed by atoms with Gasteiger partial charge in [-0.05, 0) is 18.2 Å². The van der Waals surface area contributed by atoms with Gasteiger partial charge in [-0.3, -0.25) is 4.79 Å². The van der Waals surface area contributed by atoms with Crippen LogP contribution in [-0.2, 0) is 0 Å². The van der Waals surface area contributed by atoms with Gasteiger partial charge in [-0.25, -0.2) is 14.2 Å². The van der Waals surface area contributed by atoms with Crippen molar-refractivity contribution in [2.45, 2.75) is 0 Å².